The molecule has 3 rings (SSSR count). The Morgan fingerprint density at radius 3 is 2.89 bits per heavy atom. The molecule has 6 heteroatoms. The molecule has 0 spiro atoms. The lowest BCUT2D eigenvalue weighted by Gasteiger charge is -2.32. The zero-order valence-corrected chi connectivity index (χ0v) is 16.0. The highest BCUT2D eigenvalue weighted by Crippen LogP contribution is 2.24. The third-order valence-electron chi connectivity index (χ3n) is 4.91. The topological polar surface area (TPSA) is 81.0 Å². The summed E-state index contributed by atoms with van der Waals surface area (Å²) in [6.45, 7) is 9.71. The van der Waals surface area contributed by atoms with Crippen molar-refractivity contribution in [1.82, 2.24) is 15.2 Å². The number of carbonyl (C=O) groups is 1. The van der Waals surface area contributed by atoms with Crippen molar-refractivity contribution in [2.45, 2.75) is 33.4 Å². The Bertz CT molecular complexity index is 869. The molecule has 1 aliphatic rings. The monoisotopic (exact) mass is 363 g/mol. The second kappa shape index (κ2) is 8.30. The van der Waals surface area contributed by atoms with Crippen molar-refractivity contribution in [2.75, 3.05) is 25.0 Å². The summed E-state index contributed by atoms with van der Waals surface area (Å²) in [5, 5.41) is 15.8. The van der Waals surface area contributed by atoms with Crippen LogP contribution in [0.15, 0.2) is 30.5 Å². The van der Waals surface area contributed by atoms with E-state index in [1.165, 1.54) is 0 Å². The van der Waals surface area contributed by atoms with Crippen molar-refractivity contribution >= 4 is 11.6 Å². The molecule has 6 nitrogen and oxygen atoms in total. The van der Waals surface area contributed by atoms with Gasteiger partial charge in [-0.05, 0) is 56.2 Å². The molecular formula is C21H25N5O. The molecule has 0 aliphatic carbocycles. The van der Waals surface area contributed by atoms with E-state index < -0.39 is 0 Å². The molecule has 0 saturated carbocycles. The molecule has 1 aliphatic heterocycles. The van der Waals surface area contributed by atoms with Gasteiger partial charge in [-0.2, -0.15) is 5.26 Å². The Morgan fingerprint density at radius 1 is 1.41 bits per heavy atom. The maximum atomic E-state index is 12.6. The lowest BCUT2D eigenvalue weighted by Crippen LogP contribution is -2.48. The first-order chi connectivity index (χ1) is 13.0. The van der Waals surface area contributed by atoms with Crippen molar-refractivity contribution in [3.63, 3.8) is 0 Å². The van der Waals surface area contributed by atoms with Crippen LogP contribution in [-0.4, -0.2) is 41.5 Å². The van der Waals surface area contributed by atoms with Crippen LogP contribution < -0.4 is 10.6 Å². The molecule has 2 N–H and O–H groups in total. The first-order valence-corrected chi connectivity index (χ1v) is 9.19. The Balaban J connectivity index is 1.83. The van der Waals surface area contributed by atoms with Gasteiger partial charge in [-0.1, -0.05) is 0 Å². The minimum absolute atomic E-state index is 0.220. The van der Waals surface area contributed by atoms with E-state index in [-0.39, 0.29) is 5.91 Å². The summed E-state index contributed by atoms with van der Waals surface area (Å²) in [5.41, 5.74) is 4.66. The number of nitriles is 1. The standard InChI is InChI=1S/C21H25N5O/c1-14-4-5-18(11-24-14)21(27)25-20-9-17(10-22)8-19(16(20)3)13-26-7-6-23-15(2)12-26/h4-5,8-9,11,15,23H,6-7,12-13H2,1-3H3,(H,25,27)/t15-/m0/s1. The van der Waals surface area contributed by atoms with E-state index in [4.69, 9.17) is 0 Å². The van der Waals surface area contributed by atoms with Gasteiger partial charge in [-0.3, -0.25) is 14.7 Å². The number of carbonyl (C=O) groups excluding carboxylic acids is 1. The molecule has 1 aromatic carbocycles. The zero-order valence-electron chi connectivity index (χ0n) is 16.0. The van der Waals surface area contributed by atoms with E-state index in [0.717, 1.165) is 43.0 Å². The van der Waals surface area contributed by atoms with Crippen molar-refractivity contribution in [1.29, 1.82) is 5.26 Å². The Hall–Kier alpha value is -2.75. The number of amides is 1. The zero-order chi connectivity index (χ0) is 19.4. The summed E-state index contributed by atoms with van der Waals surface area (Å²) >= 11 is 0. The molecule has 1 atom stereocenters. The minimum Gasteiger partial charge on any atom is -0.322 e. The number of piperazine rings is 1. The van der Waals surface area contributed by atoms with E-state index >= 15 is 0 Å². The van der Waals surface area contributed by atoms with Crippen LogP contribution in [0.25, 0.3) is 0 Å². The number of anilines is 1. The van der Waals surface area contributed by atoms with Crippen molar-refractivity contribution in [3.05, 3.63) is 58.4 Å². The number of hydrogen-bond donors (Lipinski definition) is 2. The highest BCUT2D eigenvalue weighted by atomic mass is 16.1. The Kier molecular flexibility index (Phi) is 5.84. The number of benzene rings is 1. The third kappa shape index (κ3) is 4.70. The molecule has 2 aromatic rings. The second-order valence-corrected chi connectivity index (χ2v) is 7.15. The fraction of sp³-hybridized carbons (Fsp3) is 0.381. The smallest absolute Gasteiger partial charge is 0.257 e. The largest absolute Gasteiger partial charge is 0.322 e. The van der Waals surface area contributed by atoms with Gasteiger partial charge in [0.15, 0.2) is 0 Å². The summed E-state index contributed by atoms with van der Waals surface area (Å²) in [5.74, 6) is -0.220. The van der Waals surface area contributed by atoms with E-state index in [2.05, 4.69) is 33.5 Å². The predicted molar refractivity (Wildman–Crippen MR) is 106 cm³/mol. The van der Waals surface area contributed by atoms with Gasteiger partial charge in [-0.15, -0.1) is 0 Å². The maximum Gasteiger partial charge on any atom is 0.257 e. The molecule has 1 saturated heterocycles. The van der Waals surface area contributed by atoms with Crippen LogP contribution in [0.5, 0.6) is 0 Å². The molecule has 1 amide bonds. The van der Waals surface area contributed by atoms with Crippen LogP contribution in [0.1, 0.15) is 39.7 Å². The summed E-state index contributed by atoms with van der Waals surface area (Å²) in [6.07, 6.45) is 1.57. The first-order valence-electron chi connectivity index (χ1n) is 9.19. The Morgan fingerprint density at radius 2 is 2.22 bits per heavy atom. The van der Waals surface area contributed by atoms with Crippen LogP contribution in [0, 0.1) is 25.2 Å². The quantitative estimate of drug-likeness (QED) is 0.873. The van der Waals surface area contributed by atoms with E-state index in [9.17, 15) is 10.1 Å². The fourth-order valence-corrected chi connectivity index (χ4v) is 3.33. The SMILES string of the molecule is Cc1ccc(C(=O)Nc2cc(C#N)cc(CN3CCN[C@@H](C)C3)c2C)cn1. The molecular weight excluding hydrogens is 338 g/mol. The lowest BCUT2D eigenvalue weighted by atomic mass is 10.0. The number of hydrogen-bond acceptors (Lipinski definition) is 5. The van der Waals surface area contributed by atoms with Crippen LogP contribution >= 0.6 is 0 Å². The van der Waals surface area contributed by atoms with Crippen LogP contribution in [0.3, 0.4) is 0 Å². The minimum atomic E-state index is -0.220. The Labute approximate surface area is 160 Å². The van der Waals surface area contributed by atoms with Gasteiger partial charge in [0.1, 0.15) is 0 Å². The average molecular weight is 363 g/mol. The highest BCUT2D eigenvalue weighted by Gasteiger charge is 2.18. The first kappa shape index (κ1) is 19.0. The van der Waals surface area contributed by atoms with Gasteiger partial charge in [0.05, 0.1) is 17.2 Å². The molecule has 0 radical (unpaired) electrons. The number of aryl methyl sites for hydroxylation is 1. The summed E-state index contributed by atoms with van der Waals surface area (Å²) < 4.78 is 0. The number of rotatable bonds is 4. The fourth-order valence-electron chi connectivity index (χ4n) is 3.33. The number of pyridine rings is 1. The predicted octanol–water partition coefficient (Wildman–Crippen LogP) is 2.62. The maximum absolute atomic E-state index is 12.6. The van der Waals surface area contributed by atoms with Crippen LogP contribution in [0.4, 0.5) is 5.69 Å². The third-order valence-corrected chi connectivity index (χ3v) is 4.91. The van der Waals surface area contributed by atoms with E-state index in [1.807, 2.05) is 26.0 Å². The summed E-state index contributed by atoms with van der Waals surface area (Å²) in [4.78, 5) is 19.1. The molecule has 140 valence electrons. The number of nitrogens with zero attached hydrogens (tertiary/aromatic N) is 3. The van der Waals surface area contributed by atoms with Crippen molar-refractivity contribution < 1.29 is 4.79 Å². The van der Waals surface area contributed by atoms with Gasteiger partial charge in [0, 0.05) is 49.8 Å². The number of nitrogens with one attached hydrogen (secondary N) is 2. The van der Waals surface area contributed by atoms with Gasteiger partial charge >= 0.3 is 0 Å². The lowest BCUT2D eigenvalue weighted by molar-refractivity contribution is 0.102. The average Bonchev–Trinajstić information content (AvgIpc) is 2.65. The van der Waals surface area contributed by atoms with Gasteiger partial charge in [0.25, 0.3) is 5.91 Å². The normalized spacial score (nSPS) is 17.3. The summed E-state index contributed by atoms with van der Waals surface area (Å²) in [6, 6.07) is 9.88. The molecule has 2 heterocycles. The molecule has 27 heavy (non-hydrogen) atoms. The van der Waals surface area contributed by atoms with Crippen LogP contribution in [0.2, 0.25) is 0 Å². The van der Waals surface area contributed by atoms with Crippen LogP contribution in [-0.2, 0) is 6.54 Å². The summed E-state index contributed by atoms with van der Waals surface area (Å²) in [7, 11) is 0. The van der Waals surface area contributed by atoms with Crippen molar-refractivity contribution in [3.8, 4) is 6.07 Å². The van der Waals surface area contributed by atoms with Crippen molar-refractivity contribution in [2.24, 2.45) is 0 Å². The molecule has 1 fully saturated rings. The molecule has 1 aromatic heterocycles. The van der Waals surface area contributed by atoms with Gasteiger partial charge in [-0.25, -0.2) is 0 Å². The van der Waals surface area contributed by atoms with Gasteiger partial charge in [0.2, 0.25) is 0 Å². The second-order valence-electron chi connectivity index (χ2n) is 7.15. The highest BCUT2D eigenvalue weighted by molar-refractivity contribution is 6.04. The van der Waals surface area contributed by atoms with E-state index in [1.54, 1.807) is 18.3 Å². The van der Waals surface area contributed by atoms with Gasteiger partial charge < -0.3 is 10.6 Å². The molecule has 0 unspecified atom stereocenters. The number of aromatic nitrogens is 1. The molecule has 0 bridgehead atoms. The van der Waals surface area contributed by atoms with E-state index in [0.29, 0.717) is 22.9 Å².